The van der Waals surface area contributed by atoms with Crippen LogP contribution in [-0.4, -0.2) is 36.1 Å². The second-order valence-electron chi connectivity index (χ2n) is 5.15. The van der Waals surface area contributed by atoms with Crippen LogP contribution >= 0.6 is 0 Å². The topological polar surface area (TPSA) is 65.5 Å². The number of aromatic nitrogens is 1. The van der Waals surface area contributed by atoms with Crippen molar-refractivity contribution in [3.05, 3.63) is 59.3 Å². The van der Waals surface area contributed by atoms with E-state index < -0.39 is 25.4 Å². The minimum Gasteiger partial charge on any atom is -0.468 e. The lowest BCUT2D eigenvalue weighted by Gasteiger charge is -2.08. The molecule has 0 saturated carbocycles. The van der Waals surface area contributed by atoms with Gasteiger partial charge in [0.15, 0.2) is 19.0 Å². The van der Waals surface area contributed by atoms with Crippen molar-refractivity contribution in [2.75, 3.05) is 13.2 Å². The van der Waals surface area contributed by atoms with Crippen LogP contribution in [-0.2, 0) is 4.74 Å². The van der Waals surface area contributed by atoms with Gasteiger partial charge in [0.1, 0.15) is 0 Å². The predicted octanol–water partition coefficient (Wildman–Crippen LogP) is 3.37. The van der Waals surface area contributed by atoms with Crippen LogP contribution in [0.2, 0.25) is 0 Å². The molecule has 0 spiro atoms. The second kappa shape index (κ2) is 7.78. The number of ether oxygens (including phenoxy) is 2. The monoisotopic (exact) mass is 353 g/mol. The fraction of sp³-hybridized carbons (Fsp3) is 0.235. The number of carbonyl (C=O) groups excluding carboxylic acids is 2. The highest BCUT2D eigenvalue weighted by atomic mass is 19.4. The molecule has 0 aliphatic heterocycles. The van der Waals surface area contributed by atoms with Gasteiger partial charge in [-0.1, -0.05) is 29.8 Å². The summed E-state index contributed by atoms with van der Waals surface area (Å²) in [6.07, 6.45) is -3.46. The molecule has 0 N–H and O–H groups in total. The Balaban J connectivity index is 1.88. The molecule has 25 heavy (non-hydrogen) atoms. The van der Waals surface area contributed by atoms with E-state index in [1.54, 1.807) is 24.3 Å². The third kappa shape index (κ3) is 5.91. The summed E-state index contributed by atoms with van der Waals surface area (Å²) in [4.78, 5) is 27.3. The molecule has 8 heteroatoms. The van der Waals surface area contributed by atoms with Crippen molar-refractivity contribution in [1.29, 1.82) is 0 Å². The van der Waals surface area contributed by atoms with Crippen molar-refractivity contribution in [3.8, 4) is 5.88 Å². The highest BCUT2D eigenvalue weighted by Gasteiger charge is 2.28. The summed E-state index contributed by atoms with van der Waals surface area (Å²) in [5, 5.41) is 0. The molecule has 1 aromatic carbocycles. The summed E-state index contributed by atoms with van der Waals surface area (Å²) in [5.41, 5.74) is 1.40. The largest absolute Gasteiger partial charge is 0.468 e. The van der Waals surface area contributed by atoms with Crippen LogP contribution in [0.5, 0.6) is 5.88 Å². The number of ketones is 1. The van der Waals surface area contributed by atoms with Crippen molar-refractivity contribution in [2.45, 2.75) is 13.1 Å². The standard InChI is InChI=1S/C17H14F3NO4/c1-11-2-4-12(5-3-11)14(22)9-24-16(23)13-6-7-15(21-8-13)25-10-17(18,19)20/h2-8H,9-10H2,1H3. The van der Waals surface area contributed by atoms with E-state index in [1.165, 1.54) is 6.07 Å². The fourth-order valence-electron chi connectivity index (χ4n) is 1.78. The molecular weight excluding hydrogens is 339 g/mol. The normalized spacial score (nSPS) is 11.0. The quantitative estimate of drug-likeness (QED) is 0.588. The van der Waals surface area contributed by atoms with E-state index in [2.05, 4.69) is 9.72 Å². The summed E-state index contributed by atoms with van der Waals surface area (Å²) >= 11 is 0. The maximum atomic E-state index is 12.0. The zero-order valence-corrected chi connectivity index (χ0v) is 13.2. The van der Waals surface area contributed by atoms with Gasteiger partial charge in [0.2, 0.25) is 5.88 Å². The fourth-order valence-corrected chi connectivity index (χ4v) is 1.78. The van der Waals surface area contributed by atoms with Gasteiger partial charge in [-0.15, -0.1) is 0 Å². The van der Waals surface area contributed by atoms with Crippen LogP contribution in [0.25, 0.3) is 0 Å². The van der Waals surface area contributed by atoms with Crippen LogP contribution < -0.4 is 4.74 Å². The number of alkyl halides is 3. The Bertz CT molecular complexity index is 740. The molecule has 0 bridgehead atoms. The number of pyridine rings is 1. The Kier molecular flexibility index (Phi) is 5.74. The van der Waals surface area contributed by atoms with Crippen molar-refractivity contribution in [2.24, 2.45) is 0 Å². The van der Waals surface area contributed by atoms with Crippen molar-refractivity contribution in [1.82, 2.24) is 4.98 Å². The van der Waals surface area contributed by atoms with E-state index in [1.807, 2.05) is 6.92 Å². The van der Waals surface area contributed by atoms with Crippen LogP contribution in [0.15, 0.2) is 42.6 Å². The lowest BCUT2D eigenvalue weighted by atomic mass is 10.1. The summed E-state index contributed by atoms with van der Waals surface area (Å²) < 4.78 is 45.4. The molecule has 1 aromatic heterocycles. The van der Waals surface area contributed by atoms with Gasteiger partial charge < -0.3 is 9.47 Å². The average molecular weight is 353 g/mol. The van der Waals surface area contributed by atoms with Crippen molar-refractivity contribution >= 4 is 11.8 Å². The third-order valence-electron chi connectivity index (χ3n) is 3.06. The molecule has 0 aliphatic rings. The lowest BCUT2D eigenvalue weighted by Crippen LogP contribution is -2.19. The Morgan fingerprint density at radius 1 is 1.04 bits per heavy atom. The van der Waals surface area contributed by atoms with E-state index in [4.69, 9.17) is 4.74 Å². The smallest absolute Gasteiger partial charge is 0.422 e. The number of carbonyl (C=O) groups is 2. The maximum Gasteiger partial charge on any atom is 0.422 e. The number of hydrogen-bond donors (Lipinski definition) is 0. The van der Waals surface area contributed by atoms with Gasteiger partial charge in [-0.3, -0.25) is 4.79 Å². The molecule has 0 saturated heterocycles. The number of esters is 1. The SMILES string of the molecule is Cc1ccc(C(=O)COC(=O)c2ccc(OCC(F)(F)F)nc2)cc1. The Hall–Kier alpha value is -2.90. The highest BCUT2D eigenvalue weighted by molar-refractivity contribution is 5.99. The molecule has 1 heterocycles. The highest BCUT2D eigenvalue weighted by Crippen LogP contribution is 2.17. The van der Waals surface area contributed by atoms with Crippen molar-refractivity contribution < 1.29 is 32.2 Å². The first-order valence-corrected chi connectivity index (χ1v) is 7.17. The molecule has 2 rings (SSSR count). The number of hydrogen-bond acceptors (Lipinski definition) is 5. The first kappa shape index (κ1) is 18.4. The van der Waals surface area contributed by atoms with Crippen LogP contribution in [0.1, 0.15) is 26.3 Å². The first-order valence-electron chi connectivity index (χ1n) is 7.17. The van der Waals surface area contributed by atoms with Crippen LogP contribution in [0.3, 0.4) is 0 Å². The third-order valence-corrected chi connectivity index (χ3v) is 3.06. The van der Waals surface area contributed by atoms with Crippen LogP contribution in [0.4, 0.5) is 13.2 Å². The molecule has 0 atom stereocenters. The second-order valence-corrected chi connectivity index (χ2v) is 5.15. The predicted molar refractivity (Wildman–Crippen MR) is 81.6 cm³/mol. The molecule has 0 aliphatic carbocycles. The molecule has 132 valence electrons. The lowest BCUT2D eigenvalue weighted by molar-refractivity contribution is -0.154. The zero-order chi connectivity index (χ0) is 18.4. The molecule has 0 radical (unpaired) electrons. The number of aryl methyl sites for hydroxylation is 1. The number of benzene rings is 1. The summed E-state index contributed by atoms with van der Waals surface area (Å²) in [7, 11) is 0. The Morgan fingerprint density at radius 3 is 2.24 bits per heavy atom. The summed E-state index contributed by atoms with van der Waals surface area (Å²) in [6.45, 7) is -0.0492. The van der Waals surface area contributed by atoms with Gasteiger partial charge in [0.05, 0.1) is 5.56 Å². The molecular formula is C17H14F3NO4. The maximum absolute atomic E-state index is 12.0. The number of nitrogens with zero attached hydrogens (tertiary/aromatic N) is 1. The van der Waals surface area contributed by atoms with E-state index in [9.17, 15) is 22.8 Å². The van der Waals surface area contributed by atoms with Gasteiger partial charge >= 0.3 is 12.1 Å². The van der Waals surface area contributed by atoms with Crippen LogP contribution in [0, 0.1) is 6.92 Å². The minimum atomic E-state index is -4.48. The van der Waals surface area contributed by atoms with Gasteiger partial charge in [-0.2, -0.15) is 13.2 Å². The van der Waals surface area contributed by atoms with E-state index in [-0.39, 0.29) is 17.2 Å². The van der Waals surface area contributed by atoms with Gasteiger partial charge in [-0.05, 0) is 13.0 Å². The molecule has 0 amide bonds. The number of halogens is 3. The Morgan fingerprint density at radius 2 is 1.68 bits per heavy atom. The van der Waals surface area contributed by atoms with Gasteiger partial charge in [0.25, 0.3) is 0 Å². The van der Waals surface area contributed by atoms with Crippen molar-refractivity contribution in [3.63, 3.8) is 0 Å². The Labute approximate surface area is 141 Å². The summed E-state index contributed by atoms with van der Waals surface area (Å²) in [5.74, 6) is -1.45. The number of rotatable bonds is 6. The molecule has 5 nitrogen and oxygen atoms in total. The van der Waals surface area contributed by atoms with E-state index in [0.29, 0.717) is 5.56 Å². The van der Waals surface area contributed by atoms with Gasteiger partial charge in [0, 0.05) is 17.8 Å². The summed E-state index contributed by atoms with van der Waals surface area (Å²) in [6, 6.07) is 9.10. The van der Waals surface area contributed by atoms with E-state index in [0.717, 1.165) is 17.8 Å². The van der Waals surface area contributed by atoms with E-state index >= 15 is 0 Å². The number of Topliss-reactive ketones (excluding diaryl/α,β-unsaturated/α-hetero) is 1. The zero-order valence-electron chi connectivity index (χ0n) is 13.2. The molecule has 0 fully saturated rings. The minimum absolute atomic E-state index is 0.00364. The van der Waals surface area contributed by atoms with Gasteiger partial charge in [-0.25, -0.2) is 9.78 Å². The molecule has 2 aromatic rings. The molecule has 0 unspecified atom stereocenters. The first-order chi connectivity index (χ1) is 11.7. The average Bonchev–Trinajstić information content (AvgIpc) is 2.58.